The van der Waals surface area contributed by atoms with Crippen LogP contribution in [-0.4, -0.2) is 0 Å². The Hall–Kier alpha value is -1.63. The molecule has 1 unspecified atom stereocenters. The zero-order valence-electron chi connectivity index (χ0n) is 17.7. The van der Waals surface area contributed by atoms with Crippen molar-refractivity contribution in [1.29, 1.82) is 0 Å². The van der Waals surface area contributed by atoms with Crippen LogP contribution in [0, 0.1) is 24.7 Å². The maximum atomic E-state index is 2.52. The van der Waals surface area contributed by atoms with Crippen molar-refractivity contribution >= 4 is 0 Å². The summed E-state index contributed by atoms with van der Waals surface area (Å²) in [6.07, 6.45) is 13.4. The van der Waals surface area contributed by atoms with E-state index in [1.165, 1.54) is 67.3 Å². The summed E-state index contributed by atoms with van der Waals surface area (Å²) in [5.74, 6) is 2.58. The van der Waals surface area contributed by atoms with Gasteiger partial charge in [-0.2, -0.15) is 0 Å². The predicted molar refractivity (Wildman–Crippen MR) is 114 cm³/mol. The lowest BCUT2D eigenvalue weighted by atomic mass is 9.79. The van der Waals surface area contributed by atoms with Gasteiger partial charge in [0.1, 0.15) is 7.05 Å². The molecule has 1 fully saturated rings. The van der Waals surface area contributed by atoms with Crippen LogP contribution < -0.4 is 4.57 Å². The van der Waals surface area contributed by atoms with E-state index in [4.69, 9.17) is 0 Å². The smallest absolute Gasteiger partial charge is 0.201 e. The molecular formula is C26H36N+. The van der Waals surface area contributed by atoms with Crippen LogP contribution in [0.2, 0.25) is 0 Å². The third-order valence-electron chi connectivity index (χ3n) is 6.94. The molecule has 4 rings (SSSR count). The molecule has 2 aromatic rings. The number of fused-ring (bicyclic) bond motifs is 1. The molecule has 2 aliphatic carbocycles. The van der Waals surface area contributed by atoms with Crippen LogP contribution in [0.3, 0.4) is 0 Å². The summed E-state index contributed by atoms with van der Waals surface area (Å²) >= 11 is 0. The van der Waals surface area contributed by atoms with Crippen molar-refractivity contribution in [2.75, 3.05) is 0 Å². The minimum Gasteiger partial charge on any atom is -0.201 e. The molecule has 1 heteroatoms. The van der Waals surface area contributed by atoms with Gasteiger partial charge in [0.05, 0.1) is 0 Å². The summed E-state index contributed by atoms with van der Waals surface area (Å²) in [6, 6.07) is 9.67. The van der Waals surface area contributed by atoms with Crippen LogP contribution >= 0.6 is 0 Å². The standard InChI is InChI=1S/C26H36N/c1-18(2)12-20-10-11-26(27(4)17-20)25-16-24-15-23(14-22(24)13-19(25)3)21-8-6-5-7-9-21/h10-11,13,16-18,21,23H,5-9,12,14-15H2,1-4H3/q+1. The molecule has 1 atom stereocenters. The molecule has 27 heavy (non-hydrogen) atoms. The maximum Gasteiger partial charge on any atom is 0.212 e. The molecule has 0 amide bonds. The van der Waals surface area contributed by atoms with Crippen molar-refractivity contribution < 1.29 is 4.57 Å². The minimum absolute atomic E-state index is 0.703. The molecule has 1 saturated carbocycles. The predicted octanol–water partition coefficient (Wildman–Crippen LogP) is 5.98. The normalized spacial score (nSPS) is 20.3. The van der Waals surface area contributed by atoms with Crippen LogP contribution in [0.4, 0.5) is 0 Å². The Balaban J connectivity index is 1.59. The molecule has 0 aliphatic heterocycles. The summed E-state index contributed by atoms with van der Waals surface area (Å²) in [4.78, 5) is 0. The third kappa shape index (κ3) is 3.98. The highest BCUT2D eigenvalue weighted by atomic mass is 14.9. The van der Waals surface area contributed by atoms with Gasteiger partial charge in [-0.3, -0.25) is 0 Å². The molecule has 0 saturated heterocycles. The average molecular weight is 363 g/mol. The fraction of sp³-hybridized carbons (Fsp3) is 0.577. The quantitative estimate of drug-likeness (QED) is 0.589. The van der Waals surface area contributed by atoms with Gasteiger partial charge in [-0.15, -0.1) is 0 Å². The third-order valence-corrected chi connectivity index (χ3v) is 6.94. The summed E-state index contributed by atoms with van der Waals surface area (Å²) in [7, 11) is 2.21. The Labute approximate surface area is 165 Å². The largest absolute Gasteiger partial charge is 0.212 e. The highest BCUT2D eigenvalue weighted by Crippen LogP contribution is 2.40. The van der Waals surface area contributed by atoms with E-state index < -0.39 is 0 Å². The second-order valence-electron chi connectivity index (χ2n) is 9.63. The van der Waals surface area contributed by atoms with E-state index in [2.05, 4.69) is 62.8 Å². The first-order valence-electron chi connectivity index (χ1n) is 11.1. The second-order valence-corrected chi connectivity index (χ2v) is 9.63. The van der Waals surface area contributed by atoms with Crippen molar-refractivity contribution in [3.8, 4) is 11.3 Å². The van der Waals surface area contributed by atoms with Gasteiger partial charge < -0.3 is 0 Å². The van der Waals surface area contributed by atoms with Gasteiger partial charge in [-0.05, 0) is 72.8 Å². The molecule has 1 aromatic carbocycles. The molecular weight excluding hydrogens is 326 g/mol. The minimum atomic E-state index is 0.703. The lowest BCUT2D eigenvalue weighted by Gasteiger charge is -2.27. The molecule has 1 aromatic heterocycles. The van der Waals surface area contributed by atoms with E-state index >= 15 is 0 Å². The Morgan fingerprint density at radius 2 is 1.67 bits per heavy atom. The van der Waals surface area contributed by atoms with Crippen molar-refractivity contribution in [3.63, 3.8) is 0 Å². The zero-order chi connectivity index (χ0) is 19.0. The summed E-state index contributed by atoms with van der Waals surface area (Å²) in [6.45, 7) is 6.88. The number of benzene rings is 1. The lowest BCUT2D eigenvalue weighted by Crippen LogP contribution is -2.31. The van der Waals surface area contributed by atoms with Gasteiger partial charge in [-0.1, -0.05) is 52.0 Å². The Morgan fingerprint density at radius 1 is 0.963 bits per heavy atom. The SMILES string of the molecule is Cc1cc2c(cc1-c1ccc(CC(C)C)c[n+]1C)CC(C1CCCCC1)C2. The fourth-order valence-electron chi connectivity index (χ4n) is 5.58. The van der Waals surface area contributed by atoms with Gasteiger partial charge in [0.15, 0.2) is 6.20 Å². The number of aromatic nitrogens is 1. The van der Waals surface area contributed by atoms with Crippen LogP contribution in [0.1, 0.15) is 68.2 Å². The fourth-order valence-corrected chi connectivity index (χ4v) is 5.58. The van der Waals surface area contributed by atoms with Crippen molar-refractivity contribution in [1.82, 2.24) is 0 Å². The first kappa shape index (κ1) is 18.7. The van der Waals surface area contributed by atoms with E-state index in [9.17, 15) is 0 Å². The number of aryl methyl sites for hydroxylation is 2. The number of hydrogen-bond acceptors (Lipinski definition) is 0. The number of rotatable bonds is 4. The number of hydrogen-bond donors (Lipinski definition) is 0. The van der Waals surface area contributed by atoms with Gasteiger partial charge in [0.2, 0.25) is 5.69 Å². The lowest BCUT2D eigenvalue weighted by molar-refractivity contribution is -0.660. The summed E-state index contributed by atoms with van der Waals surface area (Å²) in [5.41, 5.74) is 8.90. The Kier molecular flexibility index (Phi) is 5.39. The number of pyridine rings is 1. The maximum absolute atomic E-state index is 2.52. The molecule has 0 spiro atoms. The van der Waals surface area contributed by atoms with E-state index in [-0.39, 0.29) is 0 Å². The van der Waals surface area contributed by atoms with Crippen molar-refractivity contribution in [2.45, 2.75) is 72.1 Å². The zero-order valence-corrected chi connectivity index (χ0v) is 17.7. The van der Waals surface area contributed by atoms with E-state index in [0.29, 0.717) is 5.92 Å². The molecule has 144 valence electrons. The first-order valence-corrected chi connectivity index (χ1v) is 11.1. The van der Waals surface area contributed by atoms with E-state index in [0.717, 1.165) is 18.3 Å². The van der Waals surface area contributed by atoms with Crippen LogP contribution in [-0.2, 0) is 26.3 Å². The summed E-state index contributed by atoms with van der Waals surface area (Å²) in [5, 5.41) is 0. The van der Waals surface area contributed by atoms with Crippen molar-refractivity contribution in [2.24, 2.45) is 24.8 Å². The van der Waals surface area contributed by atoms with E-state index in [1.54, 1.807) is 11.1 Å². The Bertz CT molecular complexity index is 811. The van der Waals surface area contributed by atoms with E-state index in [1.807, 2.05) is 0 Å². The molecule has 0 bridgehead atoms. The van der Waals surface area contributed by atoms with Crippen LogP contribution in [0.5, 0.6) is 0 Å². The first-order chi connectivity index (χ1) is 13.0. The molecule has 2 aliphatic rings. The highest BCUT2D eigenvalue weighted by molar-refractivity contribution is 5.64. The van der Waals surface area contributed by atoms with Gasteiger partial charge >= 0.3 is 0 Å². The van der Waals surface area contributed by atoms with Crippen LogP contribution in [0.25, 0.3) is 11.3 Å². The molecule has 1 heterocycles. The van der Waals surface area contributed by atoms with Gasteiger partial charge in [0, 0.05) is 17.2 Å². The van der Waals surface area contributed by atoms with Crippen molar-refractivity contribution in [3.05, 3.63) is 52.7 Å². The molecule has 0 N–H and O–H groups in total. The average Bonchev–Trinajstić information content (AvgIpc) is 3.04. The summed E-state index contributed by atoms with van der Waals surface area (Å²) < 4.78 is 2.33. The Morgan fingerprint density at radius 3 is 2.33 bits per heavy atom. The second kappa shape index (κ2) is 7.78. The topological polar surface area (TPSA) is 3.88 Å². The molecule has 0 radical (unpaired) electrons. The highest BCUT2D eigenvalue weighted by Gasteiger charge is 2.30. The monoisotopic (exact) mass is 362 g/mol. The molecule has 1 nitrogen and oxygen atoms in total. The van der Waals surface area contributed by atoms with Crippen LogP contribution in [0.15, 0.2) is 30.5 Å². The van der Waals surface area contributed by atoms with Gasteiger partial charge in [0.25, 0.3) is 0 Å². The number of nitrogens with zero attached hydrogens (tertiary/aromatic N) is 1. The van der Waals surface area contributed by atoms with Gasteiger partial charge in [-0.25, -0.2) is 4.57 Å².